The summed E-state index contributed by atoms with van der Waals surface area (Å²) < 4.78 is 16.9. The number of esters is 3. The van der Waals surface area contributed by atoms with Crippen LogP contribution in [0.5, 0.6) is 0 Å². The van der Waals surface area contributed by atoms with Gasteiger partial charge in [-0.05, 0) is 122 Å². The van der Waals surface area contributed by atoms with Crippen LogP contribution in [0.3, 0.4) is 0 Å². The van der Waals surface area contributed by atoms with E-state index in [-0.39, 0.29) is 31.1 Å². The Morgan fingerprint density at radius 3 is 0.878 bits per heavy atom. The zero-order chi connectivity index (χ0) is 53.6. The molecule has 0 heterocycles. The molecule has 0 saturated heterocycles. The highest BCUT2D eigenvalue weighted by Crippen LogP contribution is 2.15. The smallest absolute Gasteiger partial charge is 0.306 e. The van der Waals surface area contributed by atoms with Gasteiger partial charge in [0.2, 0.25) is 0 Å². The van der Waals surface area contributed by atoms with Crippen LogP contribution in [0, 0.1) is 0 Å². The molecule has 74 heavy (non-hydrogen) atoms. The molecule has 0 saturated carbocycles. The van der Waals surface area contributed by atoms with Gasteiger partial charge in [0, 0.05) is 19.3 Å². The quantitative estimate of drug-likeness (QED) is 0.0261. The normalized spacial score (nSPS) is 12.9. The average molecular weight is 1030 g/mol. The monoisotopic (exact) mass is 1030 g/mol. The van der Waals surface area contributed by atoms with Gasteiger partial charge in [0.1, 0.15) is 13.2 Å². The van der Waals surface area contributed by atoms with E-state index >= 15 is 0 Å². The molecule has 1 atom stereocenters. The van der Waals surface area contributed by atoms with Gasteiger partial charge in [0.05, 0.1) is 0 Å². The second kappa shape index (κ2) is 61.6. The lowest BCUT2D eigenvalue weighted by atomic mass is 10.1. The van der Waals surface area contributed by atoms with Gasteiger partial charge in [-0.1, -0.05) is 252 Å². The molecule has 0 spiro atoms. The van der Waals surface area contributed by atoms with Gasteiger partial charge in [-0.15, -0.1) is 0 Å². The SMILES string of the molecule is CC/C=C\C/C=C\C/C=C\C/C=C\C/C=C\C/C=C\CCCCCCCCCCCCC(=O)OCC(COC(=O)CCCCCCC/C=C\CCCC)OC(=O)CCCCCCC/C=C\C/C=C\CCCCCC. The first-order valence-electron chi connectivity index (χ1n) is 30.9. The van der Waals surface area contributed by atoms with Gasteiger partial charge in [-0.25, -0.2) is 0 Å². The highest BCUT2D eigenvalue weighted by atomic mass is 16.6. The molecule has 6 nitrogen and oxygen atoms in total. The Morgan fingerprint density at radius 1 is 0.284 bits per heavy atom. The highest BCUT2D eigenvalue weighted by Gasteiger charge is 2.19. The van der Waals surface area contributed by atoms with Crippen molar-refractivity contribution in [2.24, 2.45) is 0 Å². The molecule has 0 radical (unpaired) electrons. The first-order valence-corrected chi connectivity index (χ1v) is 30.9. The summed E-state index contributed by atoms with van der Waals surface area (Å²) in [4.78, 5) is 38.2. The summed E-state index contributed by atoms with van der Waals surface area (Å²) >= 11 is 0. The fourth-order valence-corrected chi connectivity index (χ4v) is 8.34. The zero-order valence-electron chi connectivity index (χ0n) is 48.3. The minimum atomic E-state index is -0.792. The van der Waals surface area contributed by atoms with Crippen LogP contribution in [-0.2, 0) is 28.6 Å². The first kappa shape index (κ1) is 70.1. The van der Waals surface area contributed by atoms with Crippen LogP contribution in [0.25, 0.3) is 0 Å². The van der Waals surface area contributed by atoms with Crippen molar-refractivity contribution in [1.29, 1.82) is 0 Å². The maximum atomic E-state index is 12.9. The third kappa shape index (κ3) is 59.0. The van der Waals surface area contributed by atoms with Crippen molar-refractivity contribution >= 4 is 17.9 Å². The van der Waals surface area contributed by atoms with Gasteiger partial charge in [-0.2, -0.15) is 0 Å². The molecule has 0 rings (SSSR count). The third-order valence-electron chi connectivity index (χ3n) is 13.0. The summed E-state index contributed by atoms with van der Waals surface area (Å²) in [6.45, 7) is 6.46. The van der Waals surface area contributed by atoms with Crippen LogP contribution in [0.1, 0.15) is 284 Å². The third-order valence-corrected chi connectivity index (χ3v) is 13.0. The maximum Gasteiger partial charge on any atom is 0.306 e. The Labute approximate surface area is 457 Å². The lowest BCUT2D eigenvalue weighted by Gasteiger charge is -2.18. The summed E-state index contributed by atoms with van der Waals surface area (Å²) in [6, 6.07) is 0. The van der Waals surface area contributed by atoms with Crippen molar-refractivity contribution < 1.29 is 28.6 Å². The number of hydrogen-bond acceptors (Lipinski definition) is 6. The first-order chi connectivity index (χ1) is 36.5. The number of carbonyl (C=O) groups excluding carboxylic acids is 3. The number of allylic oxidation sites excluding steroid dienone is 18. The van der Waals surface area contributed by atoms with Crippen LogP contribution >= 0.6 is 0 Å². The van der Waals surface area contributed by atoms with Crippen LogP contribution in [0.4, 0.5) is 0 Å². The van der Waals surface area contributed by atoms with Gasteiger partial charge >= 0.3 is 17.9 Å². The molecule has 0 aromatic heterocycles. The van der Waals surface area contributed by atoms with E-state index in [1.165, 1.54) is 116 Å². The van der Waals surface area contributed by atoms with E-state index < -0.39 is 6.10 Å². The second-order valence-corrected chi connectivity index (χ2v) is 20.2. The van der Waals surface area contributed by atoms with Crippen molar-refractivity contribution in [2.45, 2.75) is 290 Å². The van der Waals surface area contributed by atoms with Gasteiger partial charge in [0.25, 0.3) is 0 Å². The molecule has 0 aliphatic heterocycles. The Morgan fingerprint density at radius 2 is 0.541 bits per heavy atom. The van der Waals surface area contributed by atoms with E-state index in [0.29, 0.717) is 19.3 Å². The molecule has 422 valence electrons. The van der Waals surface area contributed by atoms with E-state index in [4.69, 9.17) is 14.2 Å². The van der Waals surface area contributed by atoms with Crippen molar-refractivity contribution in [1.82, 2.24) is 0 Å². The topological polar surface area (TPSA) is 78.9 Å². The van der Waals surface area contributed by atoms with Gasteiger partial charge in [-0.3, -0.25) is 14.4 Å². The number of ether oxygens (including phenoxy) is 3. The number of rotatable bonds is 55. The molecule has 0 aromatic rings. The summed E-state index contributed by atoms with van der Waals surface area (Å²) in [5.41, 5.74) is 0. The van der Waals surface area contributed by atoms with Crippen LogP contribution in [0.15, 0.2) is 109 Å². The Balaban J connectivity index is 4.27. The van der Waals surface area contributed by atoms with E-state index in [1.807, 2.05) is 0 Å². The predicted molar refractivity (Wildman–Crippen MR) is 320 cm³/mol. The molecular formula is C68H114O6. The molecule has 0 bridgehead atoms. The number of unbranched alkanes of at least 4 members (excludes halogenated alkanes) is 26. The Bertz CT molecular complexity index is 1510. The maximum absolute atomic E-state index is 12.9. The van der Waals surface area contributed by atoms with Crippen LogP contribution in [0.2, 0.25) is 0 Å². The zero-order valence-corrected chi connectivity index (χ0v) is 48.3. The van der Waals surface area contributed by atoms with Crippen LogP contribution in [-0.4, -0.2) is 37.2 Å². The van der Waals surface area contributed by atoms with Gasteiger partial charge in [0.15, 0.2) is 6.10 Å². The molecule has 0 aliphatic rings. The summed E-state index contributed by atoms with van der Waals surface area (Å²) in [7, 11) is 0. The lowest BCUT2D eigenvalue weighted by molar-refractivity contribution is -0.167. The summed E-state index contributed by atoms with van der Waals surface area (Å²) in [6.07, 6.45) is 83.8. The molecule has 0 amide bonds. The van der Waals surface area contributed by atoms with E-state index in [9.17, 15) is 14.4 Å². The highest BCUT2D eigenvalue weighted by molar-refractivity contribution is 5.71. The minimum Gasteiger partial charge on any atom is -0.462 e. The van der Waals surface area contributed by atoms with Gasteiger partial charge < -0.3 is 14.2 Å². The van der Waals surface area contributed by atoms with Crippen molar-refractivity contribution in [3.63, 3.8) is 0 Å². The molecule has 0 N–H and O–H groups in total. The molecule has 0 aliphatic carbocycles. The largest absolute Gasteiger partial charge is 0.462 e. The Hall–Kier alpha value is -3.93. The number of carbonyl (C=O) groups is 3. The fourth-order valence-electron chi connectivity index (χ4n) is 8.34. The van der Waals surface area contributed by atoms with Crippen molar-refractivity contribution in [2.75, 3.05) is 13.2 Å². The summed E-state index contributed by atoms with van der Waals surface area (Å²) in [5, 5.41) is 0. The lowest BCUT2D eigenvalue weighted by Crippen LogP contribution is -2.30. The molecular weight excluding hydrogens is 913 g/mol. The minimum absolute atomic E-state index is 0.0889. The molecule has 6 heteroatoms. The van der Waals surface area contributed by atoms with Crippen LogP contribution < -0.4 is 0 Å². The number of hydrogen-bond donors (Lipinski definition) is 0. The average Bonchev–Trinajstić information content (AvgIpc) is 3.40. The van der Waals surface area contributed by atoms with E-state index in [0.717, 1.165) is 128 Å². The van der Waals surface area contributed by atoms with Crippen molar-refractivity contribution in [3.05, 3.63) is 109 Å². The van der Waals surface area contributed by atoms with E-state index in [1.54, 1.807) is 0 Å². The molecule has 0 aromatic carbocycles. The standard InChI is InChI=1S/C68H114O6/c1-4-7-10-13-16-19-22-24-26-28-29-30-31-32-33-34-35-36-37-38-39-40-42-43-46-49-52-55-58-61-67(70)73-64-65(63-72-66(69)60-57-54-51-48-45-21-18-15-12-9-6-3)74-68(71)62-59-56-53-50-47-44-41-27-25-23-20-17-14-11-8-5-2/h7,10,15-16,18-20,23-24,26-27,29-30,32-33,35-36,41,65H,4-6,8-9,11-14,17,21-22,25,28,31,34,37-40,42-64H2,1-3H3/b10-7-,18-15-,19-16-,23-20-,26-24-,30-29-,33-32-,36-35-,41-27-. The summed E-state index contributed by atoms with van der Waals surface area (Å²) in [5.74, 6) is -0.913. The molecule has 0 fully saturated rings. The fraction of sp³-hybridized carbons (Fsp3) is 0.691. The predicted octanol–water partition coefficient (Wildman–Crippen LogP) is 21.0. The van der Waals surface area contributed by atoms with Crippen molar-refractivity contribution in [3.8, 4) is 0 Å². The molecule has 1 unspecified atom stereocenters. The Kier molecular flexibility index (Phi) is 58.3. The van der Waals surface area contributed by atoms with E-state index in [2.05, 4.69) is 130 Å². The second-order valence-electron chi connectivity index (χ2n) is 20.2.